The van der Waals surface area contributed by atoms with Crippen LogP contribution >= 0.6 is 11.8 Å². The lowest BCUT2D eigenvalue weighted by Crippen LogP contribution is -2.33. The van der Waals surface area contributed by atoms with Gasteiger partial charge in [-0.05, 0) is 38.5 Å². The first-order valence-corrected chi connectivity index (χ1v) is 9.99. The largest absolute Gasteiger partial charge is 0.370 e. The van der Waals surface area contributed by atoms with Crippen molar-refractivity contribution < 1.29 is 4.79 Å². The second-order valence-electron chi connectivity index (χ2n) is 6.30. The molecule has 2 aromatic carbocycles. The molecule has 0 bridgehead atoms. The average molecular weight is 381 g/mol. The summed E-state index contributed by atoms with van der Waals surface area (Å²) in [6.07, 6.45) is 0. The summed E-state index contributed by atoms with van der Waals surface area (Å²) in [5, 5.41) is 7.63. The van der Waals surface area contributed by atoms with Crippen LogP contribution in [-0.2, 0) is 4.79 Å². The molecule has 0 saturated carbocycles. The molecule has 27 heavy (non-hydrogen) atoms. The Morgan fingerprint density at radius 2 is 1.74 bits per heavy atom. The molecule has 0 saturated heterocycles. The van der Waals surface area contributed by atoms with Gasteiger partial charge in [-0.2, -0.15) is 0 Å². The molecule has 0 spiro atoms. The molecule has 3 aromatic rings. The summed E-state index contributed by atoms with van der Waals surface area (Å²) in [5.41, 5.74) is 1.95. The molecule has 0 unspecified atom stereocenters. The van der Waals surface area contributed by atoms with Crippen LogP contribution < -0.4 is 10.6 Å². The molecular formula is C21H24N4OS. The average Bonchev–Trinajstić information content (AvgIpc) is 2.68. The highest BCUT2D eigenvalue weighted by Gasteiger charge is 2.19. The van der Waals surface area contributed by atoms with Crippen molar-refractivity contribution in [3.8, 4) is 0 Å². The third-order valence-corrected chi connectivity index (χ3v) is 5.20. The zero-order chi connectivity index (χ0) is 19.2. The minimum absolute atomic E-state index is 0.0295. The summed E-state index contributed by atoms with van der Waals surface area (Å²) < 4.78 is 0. The van der Waals surface area contributed by atoms with Crippen molar-refractivity contribution in [2.75, 3.05) is 11.9 Å². The molecule has 140 valence electrons. The van der Waals surface area contributed by atoms with Gasteiger partial charge in [0.15, 0.2) is 5.16 Å². The molecule has 0 radical (unpaired) electrons. The van der Waals surface area contributed by atoms with Crippen molar-refractivity contribution in [2.24, 2.45) is 0 Å². The number of para-hydroxylation sites is 1. The van der Waals surface area contributed by atoms with Crippen LogP contribution in [0.1, 0.15) is 32.4 Å². The van der Waals surface area contributed by atoms with Crippen LogP contribution in [0.3, 0.4) is 0 Å². The first kappa shape index (κ1) is 19.2. The van der Waals surface area contributed by atoms with E-state index < -0.39 is 0 Å². The number of rotatable bonds is 7. The molecule has 0 aliphatic carbocycles. The number of benzene rings is 2. The number of carbonyl (C=O) groups is 1. The minimum Gasteiger partial charge on any atom is -0.370 e. The van der Waals surface area contributed by atoms with E-state index in [0.717, 1.165) is 28.8 Å². The van der Waals surface area contributed by atoms with Gasteiger partial charge in [-0.1, -0.05) is 54.2 Å². The van der Waals surface area contributed by atoms with Gasteiger partial charge in [0.25, 0.3) is 0 Å². The van der Waals surface area contributed by atoms with Gasteiger partial charge in [0.1, 0.15) is 5.82 Å². The van der Waals surface area contributed by atoms with Crippen LogP contribution in [0.5, 0.6) is 0 Å². The number of fused-ring (bicyclic) bond motifs is 1. The number of hydrogen-bond donors (Lipinski definition) is 2. The number of amides is 1. The smallest absolute Gasteiger partial charge is 0.233 e. The number of aromatic nitrogens is 2. The molecule has 2 N–H and O–H groups in total. The van der Waals surface area contributed by atoms with E-state index in [0.29, 0.717) is 5.16 Å². The maximum atomic E-state index is 12.6. The van der Waals surface area contributed by atoms with Gasteiger partial charge in [0.05, 0.1) is 16.8 Å². The summed E-state index contributed by atoms with van der Waals surface area (Å²) in [5.74, 6) is 0.772. The lowest BCUT2D eigenvalue weighted by atomic mass is 10.1. The zero-order valence-corrected chi connectivity index (χ0v) is 16.6. The second kappa shape index (κ2) is 8.86. The first-order valence-electron chi connectivity index (χ1n) is 9.11. The molecule has 0 fully saturated rings. The molecule has 1 heterocycles. The number of anilines is 1. The molecule has 0 aliphatic rings. The molecule has 1 aromatic heterocycles. The molecule has 5 nitrogen and oxygen atoms in total. The van der Waals surface area contributed by atoms with Crippen molar-refractivity contribution in [3.05, 3.63) is 60.2 Å². The summed E-state index contributed by atoms with van der Waals surface area (Å²) in [4.78, 5) is 21.8. The van der Waals surface area contributed by atoms with Gasteiger partial charge in [-0.15, -0.1) is 0 Å². The highest BCUT2D eigenvalue weighted by atomic mass is 32.2. The monoisotopic (exact) mass is 380 g/mol. The van der Waals surface area contributed by atoms with Crippen LogP contribution in [0.15, 0.2) is 59.8 Å². The Morgan fingerprint density at radius 1 is 1.04 bits per heavy atom. The van der Waals surface area contributed by atoms with Gasteiger partial charge in [0.2, 0.25) is 5.91 Å². The van der Waals surface area contributed by atoms with Crippen molar-refractivity contribution >= 4 is 34.4 Å². The Bertz CT molecular complexity index is 916. The first-order chi connectivity index (χ1) is 13.1. The third-order valence-electron chi connectivity index (χ3n) is 4.24. The summed E-state index contributed by atoms with van der Waals surface area (Å²) in [6, 6.07) is 17.8. The van der Waals surface area contributed by atoms with Crippen molar-refractivity contribution in [1.29, 1.82) is 0 Å². The lowest BCUT2D eigenvalue weighted by Gasteiger charge is -2.17. The number of carbonyl (C=O) groups excluding carboxylic acids is 1. The van der Waals surface area contributed by atoms with Crippen molar-refractivity contribution in [1.82, 2.24) is 15.3 Å². The SMILES string of the molecule is CCNc1nc(S[C@@H](C)C(=O)N[C@@H](C)c2ccccc2)nc2ccccc12. The number of hydrogen-bond acceptors (Lipinski definition) is 5. The zero-order valence-electron chi connectivity index (χ0n) is 15.8. The predicted molar refractivity (Wildman–Crippen MR) is 112 cm³/mol. The van der Waals surface area contributed by atoms with E-state index in [4.69, 9.17) is 0 Å². The lowest BCUT2D eigenvalue weighted by molar-refractivity contribution is -0.120. The van der Waals surface area contributed by atoms with E-state index in [-0.39, 0.29) is 17.2 Å². The molecule has 2 atom stereocenters. The van der Waals surface area contributed by atoms with Crippen LogP contribution in [0.4, 0.5) is 5.82 Å². The van der Waals surface area contributed by atoms with Gasteiger partial charge < -0.3 is 10.6 Å². The summed E-state index contributed by atoms with van der Waals surface area (Å²) >= 11 is 1.37. The fourth-order valence-corrected chi connectivity index (χ4v) is 3.56. The van der Waals surface area contributed by atoms with E-state index in [1.807, 2.05) is 75.4 Å². The van der Waals surface area contributed by atoms with E-state index in [1.54, 1.807) is 0 Å². The van der Waals surface area contributed by atoms with Crippen molar-refractivity contribution in [3.63, 3.8) is 0 Å². The molecule has 0 aliphatic heterocycles. The molecular weight excluding hydrogens is 356 g/mol. The maximum absolute atomic E-state index is 12.6. The van der Waals surface area contributed by atoms with Crippen LogP contribution in [0.25, 0.3) is 10.9 Å². The molecule has 1 amide bonds. The number of thioether (sulfide) groups is 1. The Morgan fingerprint density at radius 3 is 2.48 bits per heavy atom. The summed E-state index contributed by atoms with van der Waals surface area (Å²) in [6.45, 7) is 6.67. The summed E-state index contributed by atoms with van der Waals surface area (Å²) in [7, 11) is 0. The van der Waals surface area contributed by atoms with Gasteiger partial charge >= 0.3 is 0 Å². The maximum Gasteiger partial charge on any atom is 0.233 e. The predicted octanol–water partition coefficient (Wildman–Crippen LogP) is 4.42. The highest BCUT2D eigenvalue weighted by molar-refractivity contribution is 8.00. The Balaban J connectivity index is 1.73. The van der Waals surface area contributed by atoms with E-state index in [9.17, 15) is 4.79 Å². The Kier molecular flexibility index (Phi) is 6.29. The van der Waals surface area contributed by atoms with E-state index >= 15 is 0 Å². The highest BCUT2D eigenvalue weighted by Crippen LogP contribution is 2.27. The standard InChI is InChI=1S/C21H24N4OS/c1-4-22-19-17-12-8-9-13-18(17)24-21(25-19)27-15(3)20(26)23-14(2)16-10-6-5-7-11-16/h5-15H,4H2,1-3H3,(H,23,26)(H,22,24,25)/t14-,15-/m0/s1. The fraction of sp³-hybridized carbons (Fsp3) is 0.286. The normalized spacial score (nSPS) is 13.1. The van der Waals surface area contributed by atoms with Gasteiger partial charge in [-0.3, -0.25) is 4.79 Å². The fourth-order valence-electron chi connectivity index (χ4n) is 2.78. The van der Waals surface area contributed by atoms with Crippen molar-refractivity contribution in [2.45, 2.75) is 37.2 Å². The van der Waals surface area contributed by atoms with Crippen LogP contribution in [0.2, 0.25) is 0 Å². The number of nitrogens with zero attached hydrogens (tertiary/aromatic N) is 2. The number of nitrogens with one attached hydrogen (secondary N) is 2. The Labute approximate surface area is 164 Å². The van der Waals surface area contributed by atoms with E-state index in [1.165, 1.54) is 11.8 Å². The topological polar surface area (TPSA) is 66.9 Å². The molecule has 6 heteroatoms. The van der Waals surface area contributed by atoms with Gasteiger partial charge in [-0.25, -0.2) is 9.97 Å². The molecule has 3 rings (SSSR count). The second-order valence-corrected chi connectivity index (χ2v) is 7.61. The van der Waals surface area contributed by atoms with Crippen LogP contribution in [-0.4, -0.2) is 27.7 Å². The minimum atomic E-state index is -0.299. The Hall–Kier alpha value is -2.60. The quantitative estimate of drug-likeness (QED) is 0.469. The van der Waals surface area contributed by atoms with E-state index in [2.05, 4.69) is 20.6 Å². The van der Waals surface area contributed by atoms with Crippen LogP contribution in [0, 0.1) is 0 Å². The third kappa shape index (κ3) is 4.77. The van der Waals surface area contributed by atoms with Gasteiger partial charge in [0, 0.05) is 11.9 Å².